The normalized spacial score (nSPS) is 15.4. The van der Waals surface area contributed by atoms with Gasteiger partial charge in [0.1, 0.15) is 5.69 Å². The molecule has 0 unspecified atom stereocenters. The Bertz CT molecular complexity index is 574. The summed E-state index contributed by atoms with van der Waals surface area (Å²) >= 11 is 0. The van der Waals surface area contributed by atoms with Gasteiger partial charge in [-0.1, -0.05) is 0 Å². The van der Waals surface area contributed by atoms with E-state index >= 15 is 0 Å². The number of nitrogens with one attached hydrogen (secondary N) is 2. The number of carbonyl (C=O) groups is 2. The van der Waals surface area contributed by atoms with Gasteiger partial charge in [-0.3, -0.25) is 9.59 Å². The molecule has 1 aliphatic heterocycles. The van der Waals surface area contributed by atoms with Crippen molar-refractivity contribution in [1.82, 2.24) is 15.2 Å². The average molecular weight is 349 g/mol. The standard InChI is InChI=1S/C19H31N3O3/c1-4-25-11-5-8-20-17(23)13-16-6-9-22(10-7-16)19(24)18-14(2)12-15(3)21-18/h12,16,21H,4-11,13H2,1-3H3,(H,20,23). The van der Waals surface area contributed by atoms with Crippen LogP contribution in [0.2, 0.25) is 0 Å². The molecule has 0 aliphatic carbocycles. The van der Waals surface area contributed by atoms with Crippen molar-refractivity contribution in [2.24, 2.45) is 5.92 Å². The first-order chi connectivity index (χ1) is 12.0. The van der Waals surface area contributed by atoms with Gasteiger partial charge in [-0.05, 0) is 57.6 Å². The fourth-order valence-corrected chi connectivity index (χ4v) is 3.33. The predicted octanol–water partition coefficient (Wildman–Crippen LogP) is 2.42. The number of aromatic nitrogens is 1. The minimum atomic E-state index is 0.0735. The number of rotatable bonds is 8. The molecular weight excluding hydrogens is 318 g/mol. The topological polar surface area (TPSA) is 74.4 Å². The largest absolute Gasteiger partial charge is 0.382 e. The van der Waals surface area contributed by atoms with Crippen molar-refractivity contribution in [1.29, 1.82) is 0 Å². The summed E-state index contributed by atoms with van der Waals surface area (Å²) < 4.78 is 5.25. The van der Waals surface area contributed by atoms with Crippen LogP contribution in [0.4, 0.5) is 0 Å². The lowest BCUT2D eigenvalue weighted by Gasteiger charge is -2.31. The van der Waals surface area contributed by atoms with Crippen LogP contribution in [0.5, 0.6) is 0 Å². The molecule has 1 aliphatic rings. The first kappa shape index (κ1) is 19.5. The number of likely N-dealkylation sites (tertiary alicyclic amines) is 1. The minimum absolute atomic E-state index is 0.0735. The van der Waals surface area contributed by atoms with E-state index in [2.05, 4.69) is 10.3 Å². The summed E-state index contributed by atoms with van der Waals surface area (Å²) in [4.78, 5) is 29.6. The Morgan fingerprint density at radius 2 is 2.04 bits per heavy atom. The molecule has 140 valence electrons. The van der Waals surface area contributed by atoms with E-state index < -0.39 is 0 Å². The molecule has 0 spiro atoms. The van der Waals surface area contributed by atoms with Gasteiger partial charge in [-0.25, -0.2) is 0 Å². The molecule has 2 heterocycles. The number of amides is 2. The number of aromatic amines is 1. The molecule has 0 aromatic carbocycles. The van der Waals surface area contributed by atoms with Crippen LogP contribution in [0.15, 0.2) is 6.07 Å². The maximum atomic E-state index is 12.6. The van der Waals surface area contributed by atoms with Gasteiger partial charge in [0, 0.05) is 45.0 Å². The fourth-order valence-electron chi connectivity index (χ4n) is 3.33. The molecule has 0 atom stereocenters. The third-order valence-electron chi connectivity index (χ3n) is 4.73. The van der Waals surface area contributed by atoms with Crippen molar-refractivity contribution >= 4 is 11.8 Å². The highest BCUT2D eigenvalue weighted by molar-refractivity contribution is 5.94. The third kappa shape index (κ3) is 5.88. The maximum absolute atomic E-state index is 12.6. The number of ether oxygens (including phenoxy) is 1. The van der Waals surface area contributed by atoms with E-state index in [0.29, 0.717) is 37.8 Å². The summed E-state index contributed by atoms with van der Waals surface area (Å²) in [5, 5.41) is 2.95. The highest BCUT2D eigenvalue weighted by Gasteiger charge is 2.26. The Labute approximate surface area is 150 Å². The Hall–Kier alpha value is -1.82. The van der Waals surface area contributed by atoms with Gasteiger partial charge in [0.05, 0.1) is 0 Å². The highest BCUT2D eigenvalue weighted by atomic mass is 16.5. The summed E-state index contributed by atoms with van der Waals surface area (Å²) in [5.41, 5.74) is 2.70. The first-order valence-electron chi connectivity index (χ1n) is 9.31. The second kappa shape index (κ2) is 9.61. The molecule has 1 aromatic rings. The number of hydrogen-bond acceptors (Lipinski definition) is 3. The lowest BCUT2D eigenvalue weighted by molar-refractivity contribution is -0.122. The molecule has 25 heavy (non-hydrogen) atoms. The second-order valence-electron chi connectivity index (χ2n) is 6.85. The second-order valence-corrected chi connectivity index (χ2v) is 6.85. The van der Waals surface area contributed by atoms with Crippen LogP contribution in [-0.2, 0) is 9.53 Å². The average Bonchev–Trinajstić information content (AvgIpc) is 2.93. The van der Waals surface area contributed by atoms with Crippen LogP contribution in [0.3, 0.4) is 0 Å². The van der Waals surface area contributed by atoms with Crippen molar-refractivity contribution < 1.29 is 14.3 Å². The van der Waals surface area contributed by atoms with E-state index in [9.17, 15) is 9.59 Å². The molecule has 1 fully saturated rings. The number of piperidine rings is 1. The zero-order valence-electron chi connectivity index (χ0n) is 15.7. The van der Waals surface area contributed by atoms with Crippen molar-refractivity contribution in [2.75, 3.05) is 32.8 Å². The SMILES string of the molecule is CCOCCCNC(=O)CC1CCN(C(=O)c2[nH]c(C)cc2C)CC1. The molecule has 2 rings (SSSR count). The molecule has 1 aromatic heterocycles. The van der Waals surface area contributed by atoms with Crippen LogP contribution < -0.4 is 5.32 Å². The predicted molar refractivity (Wildman–Crippen MR) is 97.6 cm³/mol. The Balaban J connectivity index is 1.70. The quantitative estimate of drug-likeness (QED) is 0.708. The van der Waals surface area contributed by atoms with Crippen LogP contribution in [0.1, 0.15) is 54.4 Å². The zero-order valence-corrected chi connectivity index (χ0v) is 15.7. The van der Waals surface area contributed by atoms with Crippen molar-refractivity contribution in [3.05, 3.63) is 23.0 Å². The van der Waals surface area contributed by atoms with E-state index in [0.717, 1.165) is 43.6 Å². The van der Waals surface area contributed by atoms with Gasteiger partial charge in [0.2, 0.25) is 5.91 Å². The molecule has 0 saturated carbocycles. The molecule has 2 N–H and O–H groups in total. The summed E-state index contributed by atoms with van der Waals surface area (Å²) in [7, 11) is 0. The van der Waals surface area contributed by atoms with E-state index in [1.54, 1.807) is 0 Å². The van der Waals surface area contributed by atoms with Gasteiger partial charge >= 0.3 is 0 Å². The minimum Gasteiger partial charge on any atom is -0.382 e. The van der Waals surface area contributed by atoms with Gasteiger partial charge in [0.25, 0.3) is 5.91 Å². The Kier molecular flexibility index (Phi) is 7.50. The van der Waals surface area contributed by atoms with Gasteiger partial charge in [-0.2, -0.15) is 0 Å². The molecule has 0 bridgehead atoms. The first-order valence-corrected chi connectivity index (χ1v) is 9.31. The highest BCUT2D eigenvalue weighted by Crippen LogP contribution is 2.22. The fraction of sp³-hybridized carbons (Fsp3) is 0.684. The van der Waals surface area contributed by atoms with Gasteiger partial charge in [-0.15, -0.1) is 0 Å². The summed E-state index contributed by atoms with van der Waals surface area (Å²) in [6.45, 7) is 9.40. The lowest BCUT2D eigenvalue weighted by atomic mass is 9.93. The lowest BCUT2D eigenvalue weighted by Crippen LogP contribution is -2.40. The summed E-state index contributed by atoms with van der Waals surface area (Å²) in [6, 6.07) is 2.00. The smallest absolute Gasteiger partial charge is 0.270 e. The molecule has 2 amide bonds. The summed E-state index contributed by atoms with van der Waals surface area (Å²) in [6.07, 6.45) is 3.17. The number of nitrogens with zero attached hydrogens (tertiary/aromatic N) is 1. The van der Waals surface area contributed by atoms with Crippen molar-refractivity contribution in [3.8, 4) is 0 Å². The van der Waals surface area contributed by atoms with E-state index in [4.69, 9.17) is 4.74 Å². The molecule has 6 nitrogen and oxygen atoms in total. The van der Waals surface area contributed by atoms with E-state index in [1.807, 2.05) is 31.7 Å². The molecular formula is C19H31N3O3. The number of hydrogen-bond donors (Lipinski definition) is 2. The molecule has 0 radical (unpaired) electrons. The Morgan fingerprint density at radius 1 is 1.32 bits per heavy atom. The van der Waals surface area contributed by atoms with Crippen molar-refractivity contribution in [2.45, 2.75) is 46.5 Å². The molecule has 1 saturated heterocycles. The van der Waals surface area contributed by atoms with Crippen LogP contribution in [-0.4, -0.2) is 54.5 Å². The zero-order chi connectivity index (χ0) is 18.2. The van der Waals surface area contributed by atoms with E-state index in [1.165, 1.54) is 0 Å². The summed E-state index contributed by atoms with van der Waals surface area (Å²) in [5.74, 6) is 0.545. The number of carbonyl (C=O) groups excluding carboxylic acids is 2. The van der Waals surface area contributed by atoms with Crippen LogP contribution in [0, 0.1) is 19.8 Å². The van der Waals surface area contributed by atoms with Crippen LogP contribution >= 0.6 is 0 Å². The number of H-pyrrole nitrogens is 1. The maximum Gasteiger partial charge on any atom is 0.270 e. The third-order valence-corrected chi connectivity index (χ3v) is 4.73. The van der Waals surface area contributed by atoms with Crippen molar-refractivity contribution in [3.63, 3.8) is 0 Å². The monoisotopic (exact) mass is 349 g/mol. The Morgan fingerprint density at radius 3 is 2.64 bits per heavy atom. The van der Waals surface area contributed by atoms with E-state index in [-0.39, 0.29) is 11.8 Å². The van der Waals surface area contributed by atoms with Crippen LogP contribution in [0.25, 0.3) is 0 Å². The van der Waals surface area contributed by atoms with Gasteiger partial charge in [0.15, 0.2) is 0 Å². The number of aryl methyl sites for hydroxylation is 2. The van der Waals surface area contributed by atoms with Gasteiger partial charge < -0.3 is 19.9 Å². The molecule has 6 heteroatoms.